The molecule has 0 aromatic heterocycles. The Morgan fingerprint density at radius 3 is 2.43 bits per heavy atom. The first-order chi connectivity index (χ1) is 10.2. The topological polar surface area (TPSA) is 35.9 Å². The Balaban J connectivity index is 1.94. The fraction of sp³-hybridized carbons (Fsp3) is 0.647. The fourth-order valence-corrected chi connectivity index (χ4v) is 3.10. The van der Waals surface area contributed by atoms with E-state index in [4.69, 9.17) is 4.74 Å². The van der Waals surface area contributed by atoms with E-state index in [0.29, 0.717) is 12.1 Å². The largest absolute Gasteiger partial charge is 0.497 e. The Kier molecular flexibility index (Phi) is 6.03. The predicted octanol–water partition coefficient (Wildman–Crippen LogP) is 2.14. The summed E-state index contributed by atoms with van der Waals surface area (Å²) in [4.78, 5) is 4.92. The zero-order valence-corrected chi connectivity index (χ0v) is 13.5. The third-order valence-electron chi connectivity index (χ3n) is 4.67. The number of aliphatic hydroxyl groups is 1. The first kappa shape index (κ1) is 16.3. The van der Waals surface area contributed by atoms with E-state index in [-0.39, 0.29) is 6.61 Å². The van der Waals surface area contributed by atoms with E-state index in [1.54, 1.807) is 7.11 Å². The summed E-state index contributed by atoms with van der Waals surface area (Å²) in [6, 6.07) is 9.05. The molecule has 1 aliphatic rings. The summed E-state index contributed by atoms with van der Waals surface area (Å²) in [6.07, 6.45) is 1.02. The molecule has 4 nitrogen and oxygen atoms in total. The van der Waals surface area contributed by atoms with Gasteiger partial charge in [-0.2, -0.15) is 0 Å². The zero-order chi connectivity index (χ0) is 15.2. The molecule has 21 heavy (non-hydrogen) atoms. The SMILES string of the molecule is CCC(CO)N1CCN(C(C)c2cccc(OC)c2)CC1. The van der Waals surface area contributed by atoms with Crippen molar-refractivity contribution < 1.29 is 9.84 Å². The van der Waals surface area contributed by atoms with E-state index in [1.807, 2.05) is 6.07 Å². The Hall–Kier alpha value is -1.10. The number of methoxy groups -OCH3 is 1. The van der Waals surface area contributed by atoms with Crippen molar-refractivity contribution in [3.8, 4) is 5.75 Å². The highest BCUT2D eigenvalue weighted by Crippen LogP contribution is 2.25. The molecule has 1 saturated heterocycles. The van der Waals surface area contributed by atoms with Gasteiger partial charge in [-0.3, -0.25) is 9.80 Å². The molecule has 1 aliphatic heterocycles. The van der Waals surface area contributed by atoms with E-state index in [2.05, 4.69) is 41.8 Å². The molecule has 1 aromatic rings. The number of hydrogen-bond donors (Lipinski definition) is 1. The van der Waals surface area contributed by atoms with Crippen LogP contribution in [-0.2, 0) is 0 Å². The van der Waals surface area contributed by atoms with Gasteiger partial charge in [-0.05, 0) is 31.0 Å². The predicted molar refractivity (Wildman–Crippen MR) is 85.7 cm³/mol. The monoisotopic (exact) mass is 292 g/mol. The van der Waals surface area contributed by atoms with Crippen molar-refractivity contribution in [2.45, 2.75) is 32.4 Å². The maximum Gasteiger partial charge on any atom is 0.119 e. The van der Waals surface area contributed by atoms with Crippen LogP contribution in [0.2, 0.25) is 0 Å². The van der Waals surface area contributed by atoms with Gasteiger partial charge >= 0.3 is 0 Å². The smallest absolute Gasteiger partial charge is 0.119 e. The number of hydrogen-bond acceptors (Lipinski definition) is 4. The molecule has 1 N–H and O–H groups in total. The van der Waals surface area contributed by atoms with Crippen LogP contribution in [0.5, 0.6) is 5.75 Å². The van der Waals surface area contributed by atoms with Crippen LogP contribution in [-0.4, -0.2) is 60.8 Å². The van der Waals surface area contributed by atoms with Crippen molar-refractivity contribution in [3.05, 3.63) is 29.8 Å². The standard InChI is InChI=1S/C17H28N2O2/c1-4-16(13-20)19-10-8-18(9-11-19)14(2)15-6-5-7-17(12-15)21-3/h5-7,12,14,16,20H,4,8-11,13H2,1-3H3. The summed E-state index contributed by atoms with van der Waals surface area (Å²) in [5.74, 6) is 0.921. The van der Waals surface area contributed by atoms with Gasteiger partial charge in [0.15, 0.2) is 0 Å². The maximum absolute atomic E-state index is 9.42. The third kappa shape index (κ3) is 3.96. The maximum atomic E-state index is 9.42. The lowest BCUT2D eigenvalue weighted by atomic mass is 10.1. The van der Waals surface area contributed by atoms with Crippen LogP contribution in [0.4, 0.5) is 0 Å². The van der Waals surface area contributed by atoms with Crippen molar-refractivity contribution in [2.24, 2.45) is 0 Å². The first-order valence-corrected chi connectivity index (χ1v) is 7.92. The summed E-state index contributed by atoms with van der Waals surface area (Å²) >= 11 is 0. The molecular formula is C17H28N2O2. The molecule has 1 aromatic carbocycles. The van der Waals surface area contributed by atoms with E-state index in [0.717, 1.165) is 38.3 Å². The van der Waals surface area contributed by atoms with Crippen LogP contribution in [0.3, 0.4) is 0 Å². The molecule has 2 unspecified atom stereocenters. The van der Waals surface area contributed by atoms with Crippen LogP contribution < -0.4 is 4.74 Å². The minimum Gasteiger partial charge on any atom is -0.497 e. The highest BCUT2D eigenvalue weighted by molar-refractivity contribution is 5.30. The molecule has 2 rings (SSSR count). The second kappa shape index (κ2) is 7.78. The number of benzene rings is 1. The van der Waals surface area contributed by atoms with Crippen LogP contribution >= 0.6 is 0 Å². The van der Waals surface area contributed by atoms with E-state index >= 15 is 0 Å². The summed E-state index contributed by atoms with van der Waals surface area (Å²) in [7, 11) is 1.71. The number of aliphatic hydroxyl groups excluding tert-OH is 1. The molecule has 118 valence electrons. The number of nitrogens with zero attached hydrogens (tertiary/aromatic N) is 2. The van der Waals surface area contributed by atoms with Crippen molar-refractivity contribution in [2.75, 3.05) is 39.9 Å². The molecular weight excluding hydrogens is 264 g/mol. The summed E-state index contributed by atoms with van der Waals surface area (Å²) in [5.41, 5.74) is 1.30. The van der Waals surface area contributed by atoms with Crippen molar-refractivity contribution in [1.82, 2.24) is 9.80 Å². The average Bonchev–Trinajstić information content (AvgIpc) is 2.56. The quantitative estimate of drug-likeness (QED) is 0.871. The molecule has 0 radical (unpaired) electrons. The Labute approximate surface area is 128 Å². The lowest BCUT2D eigenvalue weighted by molar-refractivity contribution is 0.0486. The summed E-state index contributed by atoms with van der Waals surface area (Å²) in [5, 5.41) is 9.42. The second-order valence-electron chi connectivity index (χ2n) is 5.77. The normalized spacial score (nSPS) is 20.2. The van der Waals surface area contributed by atoms with Crippen molar-refractivity contribution in [1.29, 1.82) is 0 Å². The molecule has 0 bridgehead atoms. The summed E-state index contributed by atoms with van der Waals surface area (Å²) in [6.45, 7) is 8.84. The Bertz CT molecular complexity index is 427. The minimum absolute atomic E-state index is 0.266. The molecule has 1 fully saturated rings. The van der Waals surface area contributed by atoms with Gasteiger partial charge in [0.25, 0.3) is 0 Å². The molecule has 0 saturated carbocycles. The van der Waals surface area contributed by atoms with Gasteiger partial charge in [0.2, 0.25) is 0 Å². The van der Waals surface area contributed by atoms with E-state index < -0.39 is 0 Å². The van der Waals surface area contributed by atoms with Crippen LogP contribution in [0.1, 0.15) is 31.9 Å². The molecule has 1 heterocycles. The molecule has 0 aliphatic carbocycles. The fourth-order valence-electron chi connectivity index (χ4n) is 3.10. The first-order valence-electron chi connectivity index (χ1n) is 7.92. The molecule has 0 spiro atoms. The highest BCUT2D eigenvalue weighted by Gasteiger charge is 2.25. The van der Waals surface area contributed by atoms with Gasteiger partial charge in [0, 0.05) is 38.3 Å². The molecule has 2 atom stereocenters. The van der Waals surface area contributed by atoms with Crippen LogP contribution in [0.25, 0.3) is 0 Å². The molecule has 0 amide bonds. The number of rotatable bonds is 6. The van der Waals surface area contributed by atoms with Crippen LogP contribution in [0.15, 0.2) is 24.3 Å². The third-order valence-corrected chi connectivity index (χ3v) is 4.67. The summed E-state index contributed by atoms with van der Waals surface area (Å²) < 4.78 is 5.32. The van der Waals surface area contributed by atoms with E-state index in [9.17, 15) is 5.11 Å². The van der Waals surface area contributed by atoms with Gasteiger partial charge in [0.1, 0.15) is 5.75 Å². The number of ether oxygens (including phenoxy) is 1. The van der Waals surface area contributed by atoms with Crippen LogP contribution in [0, 0.1) is 0 Å². The lowest BCUT2D eigenvalue weighted by Gasteiger charge is -2.41. The van der Waals surface area contributed by atoms with Gasteiger partial charge in [-0.1, -0.05) is 19.1 Å². The zero-order valence-electron chi connectivity index (χ0n) is 13.5. The van der Waals surface area contributed by atoms with Gasteiger partial charge < -0.3 is 9.84 Å². The molecule has 4 heteroatoms. The number of piperazine rings is 1. The Morgan fingerprint density at radius 1 is 1.19 bits per heavy atom. The van der Waals surface area contributed by atoms with Crippen molar-refractivity contribution >= 4 is 0 Å². The van der Waals surface area contributed by atoms with Gasteiger partial charge in [-0.25, -0.2) is 0 Å². The van der Waals surface area contributed by atoms with Crippen molar-refractivity contribution in [3.63, 3.8) is 0 Å². The lowest BCUT2D eigenvalue weighted by Crippen LogP contribution is -2.51. The van der Waals surface area contributed by atoms with Gasteiger partial charge in [0.05, 0.1) is 13.7 Å². The minimum atomic E-state index is 0.266. The highest BCUT2D eigenvalue weighted by atomic mass is 16.5. The van der Waals surface area contributed by atoms with E-state index in [1.165, 1.54) is 5.56 Å². The van der Waals surface area contributed by atoms with Gasteiger partial charge in [-0.15, -0.1) is 0 Å². The Morgan fingerprint density at radius 2 is 1.86 bits per heavy atom. The second-order valence-corrected chi connectivity index (χ2v) is 5.77. The average molecular weight is 292 g/mol.